The normalized spacial score (nSPS) is 10.6. The number of nitrogens with zero attached hydrogens (tertiary/aromatic N) is 2. The lowest BCUT2D eigenvalue weighted by atomic mass is 10.2. The summed E-state index contributed by atoms with van der Waals surface area (Å²) in [6.45, 7) is 2.43. The van der Waals surface area contributed by atoms with Gasteiger partial charge in [0.15, 0.2) is 0 Å². The largest absolute Gasteiger partial charge is 0.497 e. The second kappa shape index (κ2) is 5.89. The van der Waals surface area contributed by atoms with E-state index in [1.807, 2.05) is 35.9 Å². The Morgan fingerprint density at radius 2 is 1.95 bits per heavy atom. The summed E-state index contributed by atoms with van der Waals surface area (Å²) < 4.78 is 7.04. The molecule has 0 saturated carbocycles. The van der Waals surface area contributed by atoms with Gasteiger partial charge in [-0.2, -0.15) is 0 Å². The third kappa shape index (κ3) is 2.93. The lowest BCUT2D eigenvalue weighted by Crippen LogP contribution is -2.22. The minimum Gasteiger partial charge on any atom is -0.497 e. The molecule has 3 aromatic rings. The number of ether oxygens (including phenoxy) is 1. The molecule has 0 bridgehead atoms. The summed E-state index contributed by atoms with van der Waals surface area (Å²) in [5.41, 5.74) is 3.46. The Kier molecular flexibility index (Phi) is 3.78. The van der Waals surface area contributed by atoms with E-state index in [9.17, 15) is 4.79 Å². The molecular formula is C17H17N3O2. The third-order valence-corrected chi connectivity index (χ3v) is 3.43. The average molecular weight is 295 g/mol. The van der Waals surface area contributed by atoms with Crippen LogP contribution in [0.5, 0.6) is 5.75 Å². The van der Waals surface area contributed by atoms with Crippen molar-refractivity contribution in [3.8, 4) is 5.75 Å². The smallest absolute Gasteiger partial charge is 0.251 e. The first-order chi connectivity index (χ1) is 10.7. The van der Waals surface area contributed by atoms with E-state index in [-0.39, 0.29) is 5.91 Å². The Bertz CT molecular complexity index is 806. The van der Waals surface area contributed by atoms with Crippen LogP contribution in [0, 0.1) is 6.92 Å². The van der Waals surface area contributed by atoms with Crippen LogP contribution >= 0.6 is 0 Å². The van der Waals surface area contributed by atoms with Gasteiger partial charge in [-0.3, -0.25) is 4.79 Å². The molecular weight excluding hydrogens is 278 g/mol. The van der Waals surface area contributed by atoms with Crippen LogP contribution in [0.4, 0.5) is 0 Å². The second-order valence-corrected chi connectivity index (χ2v) is 5.12. The summed E-state index contributed by atoms with van der Waals surface area (Å²) in [6.07, 6.45) is 3.94. The summed E-state index contributed by atoms with van der Waals surface area (Å²) in [5, 5.41) is 2.87. The summed E-state index contributed by atoms with van der Waals surface area (Å²) in [4.78, 5) is 16.6. The first kappa shape index (κ1) is 14.1. The third-order valence-electron chi connectivity index (χ3n) is 3.43. The number of hydrogen-bond acceptors (Lipinski definition) is 3. The van der Waals surface area contributed by atoms with E-state index in [1.165, 1.54) is 5.56 Å². The number of carbonyl (C=O) groups is 1. The molecule has 3 rings (SSSR count). The molecule has 0 atom stereocenters. The zero-order valence-corrected chi connectivity index (χ0v) is 12.5. The molecule has 0 saturated heterocycles. The first-order valence-corrected chi connectivity index (χ1v) is 7.02. The number of amides is 1. The standard InChI is InChI=1S/C17H17N3O2/c1-12-3-8-16-19-14(11-20(16)10-12)9-18-17(21)13-4-6-15(22-2)7-5-13/h3-8,10-11H,9H2,1-2H3,(H,18,21). The van der Waals surface area contributed by atoms with E-state index in [0.29, 0.717) is 12.1 Å². The number of carbonyl (C=O) groups excluding carboxylic acids is 1. The van der Waals surface area contributed by atoms with Crippen molar-refractivity contribution in [2.24, 2.45) is 0 Å². The highest BCUT2D eigenvalue weighted by Crippen LogP contribution is 2.11. The van der Waals surface area contributed by atoms with E-state index in [1.54, 1.807) is 31.4 Å². The molecule has 22 heavy (non-hydrogen) atoms. The summed E-state index contributed by atoms with van der Waals surface area (Å²) >= 11 is 0. The van der Waals surface area contributed by atoms with Gasteiger partial charge in [-0.25, -0.2) is 4.98 Å². The summed E-state index contributed by atoms with van der Waals surface area (Å²) in [7, 11) is 1.60. The summed E-state index contributed by atoms with van der Waals surface area (Å²) in [5.74, 6) is 0.600. The molecule has 1 N–H and O–H groups in total. The highest BCUT2D eigenvalue weighted by molar-refractivity contribution is 5.94. The fraction of sp³-hybridized carbons (Fsp3) is 0.176. The van der Waals surface area contributed by atoms with Crippen LogP contribution < -0.4 is 10.1 Å². The van der Waals surface area contributed by atoms with Gasteiger partial charge in [0.25, 0.3) is 5.91 Å². The number of aryl methyl sites for hydroxylation is 1. The van der Waals surface area contributed by atoms with Gasteiger partial charge in [-0.05, 0) is 42.8 Å². The number of fused-ring (bicyclic) bond motifs is 1. The molecule has 1 aromatic carbocycles. The lowest BCUT2D eigenvalue weighted by molar-refractivity contribution is 0.0950. The Labute approximate surface area is 128 Å². The molecule has 0 fully saturated rings. The molecule has 0 spiro atoms. The number of nitrogens with one attached hydrogen (secondary N) is 1. The van der Waals surface area contributed by atoms with Crippen molar-refractivity contribution in [2.45, 2.75) is 13.5 Å². The van der Waals surface area contributed by atoms with Crippen molar-refractivity contribution in [3.05, 3.63) is 65.6 Å². The maximum Gasteiger partial charge on any atom is 0.251 e. The Morgan fingerprint density at radius 1 is 1.18 bits per heavy atom. The number of benzene rings is 1. The van der Waals surface area contributed by atoms with Crippen LogP contribution in [0.25, 0.3) is 5.65 Å². The summed E-state index contributed by atoms with van der Waals surface area (Å²) in [6, 6.07) is 11.0. The number of aromatic nitrogens is 2. The highest BCUT2D eigenvalue weighted by atomic mass is 16.5. The number of methoxy groups -OCH3 is 1. The molecule has 1 amide bonds. The van der Waals surface area contributed by atoms with E-state index >= 15 is 0 Å². The number of imidazole rings is 1. The van der Waals surface area contributed by atoms with Gasteiger partial charge >= 0.3 is 0 Å². The van der Waals surface area contributed by atoms with Crippen molar-refractivity contribution in [1.82, 2.24) is 14.7 Å². The van der Waals surface area contributed by atoms with Crippen molar-refractivity contribution in [3.63, 3.8) is 0 Å². The molecule has 2 aromatic heterocycles. The van der Waals surface area contributed by atoms with Crippen LogP contribution in [0.3, 0.4) is 0 Å². The monoisotopic (exact) mass is 295 g/mol. The molecule has 5 heteroatoms. The lowest BCUT2D eigenvalue weighted by Gasteiger charge is -2.04. The van der Waals surface area contributed by atoms with E-state index in [0.717, 1.165) is 17.1 Å². The van der Waals surface area contributed by atoms with Gasteiger partial charge in [0.2, 0.25) is 0 Å². The fourth-order valence-corrected chi connectivity index (χ4v) is 2.26. The van der Waals surface area contributed by atoms with Crippen LogP contribution in [0.15, 0.2) is 48.8 Å². The maximum atomic E-state index is 12.1. The Hall–Kier alpha value is -2.82. The van der Waals surface area contributed by atoms with Crippen molar-refractivity contribution in [1.29, 1.82) is 0 Å². The topological polar surface area (TPSA) is 55.6 Å². The van der Waals surface area contributed by atoms with Crippen molar-refractivity contribution < 1.29 is 9.53 Å². The van der Waals surface area contributed by atoms with E-state index in [4.69, 9.17) is 4.74 Å². The molecule has 112 valence electrons. The average Bonchev–Trinajstić information content (AvgIpc) is 2.94. The van der Waals surface area contributed by atoms with Crippen molar-refractivity contribution >= 4 is 11.6 Å². The predicted octanol–water partition coefficient (Wildman–Crippen LogP) is 2.58. The van der Waals surface area contributed by atoms with Crippen LogP contribution in [-0.4, -0.2) is 22.4 Å². The van der Waals surface area contributed by atoms with E-state index in [2.05, 4.69) is 10.3 Å². The molecule has 0 radical (unpaired) electrons. The Balaban J connectivity index is 1.68. The zero-order chi connectivity index (χ0) is 15.5. The van der Waals surface area contributed by atoms with Gasteiger partial charge in [0.05, 0.1) is 19.3 Å². The minimum absolute atomic E-state index is 0.129. The minimum atomic E-state index is -0.129. The van der Waals surface area contributed by atoms with Gasteiger partial charge < -0.3 is 14.5 Å². The van der Waals surface area contributed by atoms with Gasteiger partial charge in [-0.1, -0.05) is 6.07 Å². The Morgan fingerprint density at radius 3 is 2.68 bits per heavy atom. The van der Waals surface area contributed by atoms with Gasteiger partial charge in [0, 0.05) is 18.0 Å². The highest BCUT2D eigenvalue weighted by Gasteiger charge is 2.07. The van der Waals surface area contributed by atoms with Gasteiger partial charge in [0.1, 0.15) is 11.4 Å². The number of hydrogen-bond donors (Lipinski definition) is 1. The predicted molar refractivity (Wildman–Crippen MR) is 84.1 cm³/mol. The molecule has 0 aliphatic heterocycles. The fourth-order valence-electron chi connectivity index (χ4n) is 2.26. The molecule has 0 aliphatic rings. The quantitative estimate of drug-likeness (QED) is 0.805. The molecule has 0 aliphatic carbocycles. The zero-order valence-electron chi connectivity index (χ0n) is 12.5. The first-order valence-electron chi connectivity index (χ1n) is 7.02. The molecule has 5 nitrogen and oxygen atoms in total. The van der Waals surface area contributed by atoms with Crippen LogP contribution in [0.2, 0.25) is 0 Å². The SMILES string of the molecule is COc1ccc(C(=O)NCc2cn3cc(C)ccc3n2)cc1. The van der Waals surface area contributed by atoms with Crippen LogP contribution in [0.1, 0.15) is 21.6 Å². The van der Waals surface area contributed by atoms with Gasteiger partial charge in [-0.15, -0.1) is 0 Å². The van der Waals surface area contributed by atoms with Crippen LogP contribution in [-0.2, 0) is 6.54 Å². The van der Waals surface area contributed by atoms with E-state index < -0.39 is 0 Å². The second-order valence-electron chi connectivity index (χ2n) is 5.12. The number of rotatable bonds is 4. The maximum absolute atomic E-state index is 12.1. The molecule has 0 unspecified atom stereocenters. The van der Waals surface area contributed by atoms with Crippen molar-refractivity contribution in [2.75, 3.05) is 7.11 Å². The molecule has 2 heterocycles. The number of pyridine rings is 1.